The molecule has 0 spiro atoms. The molecule has 3 heterocycles. The second kappa shape index (κ2) is 9.97. The van der Waals surface area contributed by atoms with Crippen LogP contribution in [0, 0.1) is 5.82 Å². The minimum absolute atomic E-state index is 0.0147. The van der Waals surface area contributed by atoms with Gasteiger partial charge in [-0.1, -0.05) is 6.07 Å². The van der Waals surface area contributed by atoms with Gasteiger partial charge in [0.25, 0.3) is 0 Å². The Bertz CT molecular complexity index is 1280. The molecular formula is C27H26FN5O2. The molecule has 2 aromatic carbocycles. The van der Waals surface area contributed by atoms with Crippen molar-refractivity contribution in [1.29, 1.82) is 0 Å². The van der Waals surface area contributed by atoms with Crippen molar-refractivity contribution >= 4 is 11.7 Å². The van der Waals surface area contributed by atoms with E-state index < -0.39 is 0 Å². The Hall–Kier alpha value is -4.20. The van der Waals surface area contributed by atoms with Crippen LogP contribution in [0.25, 0.3) is 16.9 Å². The highest BCUT2D eigenvalue weighted by molar-refractivity contribution is 5.79. The Morgan fingerprint density at radius 2 is 1.71 bits per heavy atom. The van der Waals surface area contributed by atoms with Gasteiger partial charge in [-0.15, -0.1) is 0 Å². The molecule has 0 saturated carbocycles. The minimum atomic E-state index is -0.312. The number of rotatable bonds is 6. The molecule has 0 aliphatic carbocycles. The number of benzene rings is 2. The Kier molecular flexibility index (Phi) is 6.43. The summed E-state index contributed by atoms with van der Waals surface area (Å²) >= 11 is 0. The van der Waals surface area contributed by atoms with Crippen LogP contribution in [0.2, 0.25) is 0 Å². The fraction of sp³-hybridized carbons (Fsp3) is 0.222. The van der Waals surface area contributed by atoms with Crippen LogP contribution in [0.5, 0.6) is 5.75 Å². The number of imidazole rings is 1. The summed E-state index contributed by atoms with van der Waals surface area (Å²) in [5.41, 5.74) is 2.39. The molecule has 4 aromatic rings. The maximum Gasteiger partial charge on any atom is 0.230 e. The van der Waals surface area contributed by atoms with Crippen LogP contribution < -0.4 is 9.64 Å². The van der Waals surface area contributed by atoms with Crippen molar-refractivity contribution in [3.8, 4) is 22.7 Å². The van der Waals surface area contributed by atoms with E-state index >= 15 is 0 Å². The maximum atomic E-state index is 13.5. The van der Waals surface area contributed by atoms with E-state index in [4.69, 9.17) is 9.72 Å². The van der Waals surface area contributed by atoms with Crippen LogP contribution >= 0.6 is 0 Å². The maximum absolute atomic E-state index is 13.5. The fourth-order valence-corrected chi connectivity index (χ4v) is 4.24. The fourth-order valence-electron chi connectivity index (χ4n) is 4.24. The van der Waals surface area contributed by atoms with Gasteiger partial charge < -0.3 is 19.1 Å². The summed E-state index contributed by atoms with van der Waals surface area (Å²) in [5, 5.41) is 0. The predicted molar refractivity (Wildman–Crippen MR) is 132 cm³/mol. The average molecular weight is 472 g/mol. The third kappa shape index (κ3) is 5.01. The molecule has 0 unspecified atom stereocenters. The van der Waals surface area contributed by atoms with E-state index in [0.717, 1.165) is 41.6 Å². The highest BCUT2D eigenvalue weighted by Crippen LogP contribution is 2.25. The van der Waals surface area contributed by atoms with Gasteiger partial charge in [0.15, 0.2) is 0 Å². The number of ether oxygens (including phenoxy) is 1. The number of nitrogens with zero attached hydrogens (tertiary/aromatic N) is 5. The van der Waals surface area contributed by atoms with E-state index in [1.54, 1.807) is 25.4 Å². The summed E-state index contributed by atoms with van der Waals surface area (Å²) in [7, 11) is 1.62. The number of pyridine rings is 1. The highest BCUT2D eigenvalue weighted by Gasteiger charge is 2.24. The van der Waals surface area contributed by atoms with Gasteiger partial charge in [0.2, 0.25) is 5.91 Å². The second-order valence-electron chi connectivity index (χ2n) is 8.35. The summed E-state index contributed by atoms with van der Waals surface area (Å²) in [6.07, 6.45) is 3.82. The van der Waals surface area contributed by atoms with Crippen molar-refractivity contribution in [2.45, 2.75) is 6.42 Å². The van der Waals surface area contributed by atoms with Gasteiger partial charge in [-0.2, -0.15) is 0 Å². The number of hydrogen-bond acceptors (Lipinski definition) is 5. The molecule has 7 nitrogen and oxygen atoms in total. The molecule has 1 saturated heterocycles. The minimum Gasteiger partial charge on any atom is -0.497 e. The number of amides is 1. The second-order valence-corrected chi connectivity index (χ2v) is 8.35. The van der Waals surface area contributed by atoms with Gasteiger partial charge in [0.05, 0.1) is 19.2 Å². The van der Waals surface area contributed by atoms with Crippen LogP contribution in [-0.2, 0) is 11.2 Å². The Morgan fingerprint density at radius 1 is 0.971 bits per heavy atom. The molecule has 1 amide bonds. The summed E-state index contributed by atoms with van der Waals surface area (Å²) in [6, 6.07) is 19.6. The average Bonchev–Trinajstić information content (AvgIpc) is 3.33. The van der Waals surface area contributed by atoms with Gasteiger partial charge in [-0.25, -0.2) is 14.4 Å². The summed E-state index contributed by atoms with van der Waals surface area (Å²) < 4.78 is 20.7. The van der Waals surface area contributed by atoms with Crippen molar-refractivity contribution < 1.29 is 13.9 Å². The van der Waals surface area contributed by atoms with Gasteiger partial charge in [-0.3, -0.25) is 4.79 Å². The van der Waals surface area contributed by atoms with Crippen molar-refractivity contribution in [3.63, 3.8) is 0 Å². The van der Waals surface area contributed by atoms with E-state index in [9.17, 15) is 9.18 Å². The number of aromatic nitrogens is 3. The monoisotopic (exact) mass is 471 g/mol. The van der Waals surface area contributed by atoms with Crippen molar-refractivity contribution in [1.82, 2.24) is 19.4 Å². The van der Waals surface area contributed by atoms with Crippen molar-refractivity contribution in [2.75, 3.05) is 38.2 Å². The first-order chi connectivity index (χ1) is 17.1. The number of piperazine rings is 1. The lowest BCUT2D eigenvalue weighted by molar-refractivity contribution is -0.130. The molecular weight excluding hydrogens is 445 g/mol. The van der Waals surface area contributed by atoms with Crippen LogP contribution in [0.15, 0.2) is 79.1 Å². The van der Waals surface area contributed by atoms with Crippen LogP contribution in [0.4, 0.5) is 10.2 Å². The molecule has 178 valence electrons. The molecule has 0 bridgehead atoms. The number of hydrogen-bond donors (Lipinski definition) is 0. The zero-order valence-corrected chi connectivity index (χ0v) is 19.5. The summed E-state index contributed by atoms with van der Waals surface area (Å²) in [5.74, 6) is 2.00. The standard InChI is InChI=1S/C27H26FN5O2/c1-35-23-11-5-20(6-12-23)24-19-33(22-9-7-21(28)8-10-22)26(30-24)18-27(34)32-16-14-31(15-17-32)25-4-2-3-13-29-25/h2-13,19H,14-18H2,1H3. The van der Waals surface area contributed by atoms with Crippen molar-refractivity contribution in [2.24, 2.45) is 0 Å². The lowest BCUT2D eigenvalue weighted by Crippen LogP contribution is -2.49. The lowest BCUT2D eigenvalue weighted by Gasteiger charge is -2.35. The summed E-state index contributed by atoms with van der Waals surface area (Å²) in [4.78, 5) is 26.5. The van der Waals surface area contributed by atoms with Gasteiger partial charge in [0, 0.05) is 49.8 Å². The van der Waals surface area contributed by atoms with Gasteiger partial charge in [0.1, 0.15) is 23.2 Å². The zero-order valence-electron chi connectivity index (χ0n) is 19.5. The quantitative estimate of drug-likeness (QED) is 0.426. The first kappa shape index (κ1) is 22.6. The molecule has 0 N–H and O–H groups in total. The zero-order chi connectivity index (χ0) is 24.2. The summed E-state index contributed by atoms with van der Waals surface area (Å²) in [6.45, 7) is 2.70. The largest absolute Gasteiger partial charge is 0.497 e. The lowest BCUT2D eigenvalue weighted by atomic mass is 10.1. The number of halogens is 1. The van der Waals surface area contributed by atoms with E-state index in [1.807, 2.05) is 58.1 Å². The molecule has 35 heavy (non-hydrogen) atoms. The molecule has 2 aromatic heterocycles. The molecule has 5 rings (SSSR count). The Labute approximate surface area is 203 Å². The van der Waals surface area contributed by atoms with Crippen molar-refractivity contribution in [3.05, 3.63) is 90.8 Å². The Morgan fingerprint density at radius 3 is 2.37 bits per heavy atom. The molecule has 8 heteroatoms. The van der Waals surface area contributed by atoms with Gasteiger partial charge >= 0.3 is 0 Å². The van der Waals surface area contributed by atoms with E-state index in [0.29, 0.717) is 18.9 Å². The van der Waals surface area contributed by atoms with Crippen LogP contribution in [-0.4, -0.2) is 58.6 Å². The predicted octanol–water partition coefficient (Wildman–Crippen LogP) is 3.97. The first-order valence-corrected chi connectivity index (χ1v) is 11.5. The van der Waals surface area contributed by atoms with E-state index in [-0.39, 0.29) is 18.1 Å². The van der Waals surface area contributed by atoms with Crippen LogP contribution in [0.3, 0.4) is 0 Å². The number of carbonyl (C=O) groups excluding carboxylic acids is 1. The topological polar surface area (TPSA) is 63.5 Å². The third-order valence-electron chi connectivity index (χ3n) is 6.18. The van der Waals surface area contributed by atoms with E-state index in [2.05, 4.69) is 9.88 Å². The first-order valence-electron chi connectivity index (χ1n) is 11.5. The third-order valence-corrected chi connectivity index (χ3v) is 6.18. The molecule has 0 atom stereocenters. The molecule has 1 fully saturated rings. The van der Waals surface area contributed by atoms with Crippen LogP contribution in [0.1, 0.15) is 5.82 Å². The normalized spacial score (nSPS) is 13.7. The smallest absolute Gasteiger partial charge is 0.230 e. The molecule has 1 aliphatic heterocycles. The molecule has 0 radical (unpaired) electrons. The number of anilines is 1. The van der Waals surface area contributed by atoms with Gasteiger partial charge in [-0.05, 0) is 60.7 Å². The van der Waals surface area contributed by atoms with E-state index in [1.165, 1.54) is 12.1 Å². The number of methoxy groups -OCH3 is 1. The highest BCUT2D eigenvalue weighted by atomic mass is 19.1. The molecule has 1 aliphatic rings. The number of carbonyl (C=O) groups is 1. The Balaban J connectivity index is 1.36. The SMILES string of the molecule is COc1ccc(-c2cn(-c3ccc(F)cc3)c(CC(=O)N3CCN(c4ccccn4)CC3)n2)cc1.